The van der Waals surface area contributed by atoms with Crippen molar-refractivity contribution in [2.24, 2.45) is 0 Å². The number of hydrogen-bond donors (Lipinski definition) is 0. The lowest BCUT2D eigenvalue weighted by Crippen LogP contribution is -2.44. The minimum atomic E-state index is -1.13. The highest BCUT2D eigenvalue weighted by Gasteiger charge is 2.49. The molecule has 0 saturated heterocycles. The summed E-state index contributed by atoms with van der Waals surface area (Å²) in [5.74, 6) is 0. The summed E-state index contributed by atoms with van der Waals surface area (Å²) in [6, 6.07) is 4.69. The maximum atomic E-state index is 2.52. The van der Waals surface area contributed by atoms with Gasteiger partial charge in [-0.1, -0.05) is 99.7 Å². The molecule has 0 aliphatic heterocycles. The van der Waals surface area contributed by atoms with Gasteiger partial charge in [-0.05, 0) is 10.3 Å². The predicted octanol–water partition coefficient (Wildman–Crippen LogP) is 7.24. The Bertz CT molecular complexity index is 216. The molecule has 0 aromatic carbocycles. The lowest BCUT2D eigenvalue weighted by molar-refractivity contribution is 0.714. The summed E-state index contributed by atoms with van der Waals surface area (Å²) in [6.45, 7) is 22.3. The first-order valence-corrected chi connectivity index (χ1v) is 13.2. The third-order valence-electron chi connectivity index (χ3n) is 3.96. The molecule has 0 rings (SSSR count). The van der Waals surface area contributed by atoms with E-state index < -0.39 is 7.74 Å². The molecule has 0 radical (unpaired) electrons. The zero-order valence-corrected chi connectivity index (χ0v) is 17.1. The van der Waals surface area contributed by atoms with E-state index in [2.05, 4.69) is 62.3 Å². The van der Waals surface area contributed by atoms with E-state index in [1.165, 1.54) is 19.3 Å². The third kappa shape index (κ3) is 5.50. The Morgan fingerprint density at radius 3 is 1.05 bits per heavy atom. The highest BCUT2D eigenvalue weighted by molar-refractivity contribution is 7.97. The van der Waals surface area contributed by atoms with Gasteiger partial charge in [-0.2, -0.15) is 0 Å². The zero-order chi connectivity index (χ0) is 15.3. The van der Waals surface area contributed by atoms with Gasteiger partial charge in [0.2, 0.25) is 0 Å². The van der Waals surface area contributed by atoms with E-state index in [0.29, 0.717) is 10.3 Å². The minimum absolute atomic E-state index is 0.131. The average molecular weight is 303 g/mol. The molecule has 0 aromatic rings. The first kappa shape index (κ1) is 19.6. The maximum Gasteiger partial charge on any atom is 0.0823 e. The Kier molecular flexibility index (Phi) is 7.86. The van der Waals surface area contributed by atoms with Crippen molar-refractivity contribution in [3.05, 3.63) is 0 Å². The predicted molar refractivity (Wildman–Crippen MR) is 97.5 cm³/mol. The smallest absolute Gasteiger partial charge is 0.0823 e. The Morgan fingerprint density at radius 1 is 0.632 bits per heavy atom. The van der Waals surface area contributed by atoms with Gasteiger partial charge in [0.25, 0.3) is 0 Å². The van der Waals surface area contributed by atoms with Crippen molar-refractivity contribution in [3.63, 3.8) is 0 Å². The van der Waals surface area contributed by atoms with Crippen LogP contribution in [0.5, 0.6) is 0 Å². The molecule has 0 fully saturated rings. The molecule has 0 aromatic heterocycles. The molecule has 0 N–H and O–H groups in total. The fraction of sp³-hybridized carbons (Fsp3) is 1.00. The summed E-state index contributed by atoms with van der Waals surface area (Å²) in [4.78, 5) is 0. The molecule has 0 unspecified atom stereocenters. The van der Waals surface area contributed by atoms with Gasteiger partial charge in [0.1, 0.15) is 0 Å². The van der Waals surface area contributed by atoms with Crippen LogP contribution in [0.15, 0.2) is 0 Å². The van der Waals surface area contributed by atoms with Crippen molar-refractivity contribution >= 4 is 15.2 Å². The fourth-order valence-corrected chi connectivity index (χ4v) is 26.2. The summed E-state index contributed by atoms with van der Waals surface area (Å²) in [7, 11) is -1.00. The first-order chi connectivity index (χ1) is 8.55. The van der Waals surface area contributed by atoms with Crippen molar-refractivity contribution in [1.29, 1.82) is 0 Å². The van der Waals surface area contributed by atoms with Crippen LogP contribution in [-0.4, -0.2) is 18.1 Å². The van der Waals surface area contributed by atoms with E-state index in [1.54, 1.807) is 18.1 Å². The van der Waals surface area contributed by atoms with Crippen molar-refractivity contribution in [1.82, 2.24) is 0 Å². The molecule has 116 valence electrons. The van der Waals surface area contributed by atoms with E-state index in [9.17, 15) is 0 Å². The van der Waals surface area contributed by atoms with Crippen molar-refractivity contribution < 1.29 is 0 Å². The van der Waals surface area contributed by atoms with Gasteiger partial charge in [0.05, 0.1) is 7.74 Å². The van der Waals surface area contributed by atoms with Gasteiger partial charge in [-0.3, -0.25) is 0 Å². The normalized spacial score (nSPS) is 14.2. The largest absolute Gasteiger partial charge is 0.107 e. The SMILES string of the molecule is CCC[Si](CCC)(CCC)P(C(C)(C)C)C(C)(C)C. The van der Waals surface area contributed by atoms with Crippen molar-refractivity contribution in [3.8, 4) is 0 Å². The highest BCUT2D eigenvalue weighted by Crippen LogP contribution is 2.69. The Balaban J connectivity index is 5.70. The van der Waals surface area contributed by atoms with Crippen LogP contribution in [0.3, 0.4) is 0 Å². The average Bonchev–Trinajstić information content (AvgIpc) is 2.13. The van der Waals surface area contributed by atoms with Gasteiger partial charge < -0.3 is 0 Å². The molecule has 0 nitrogen and oxygen atoms in total. The molecular formula is C17H39PSi. The van der Waals surface area contributed by atoms with Crippen LogP contribution in [0, 0.1) is 0 Å². The topological polar surface area (TPSA) is 0 Å². The molecule has 19 heavy (non-hydrogen) atoms. The molecule has 0 aliphatic carbocycles. The van der Waals surface area contributed by atoms with E-state index in [-0.39, 0.29) is 7.47 Å². The van der Waals surface area contributed by atoms with Crippen LogP contribution in [0.1, 0.15) is 81.6 Å². The molecule has 2 heteroatoms. The Labute approximate surface area is 125 Å². The molecule has 0 heterocycles. The van der Waals surface area contributed by atoms with Gasteiger partial charge in [0, 0.05) is 0 Å². The molecular weight excluding hydrogens is 263 g/mol. The second-order valence-electron chi connectivity index (χ2n) is 8.15. The van der Waals surface area contributed by atoms with Gasteiger partial charge in [0.15, 0.2) is 0 Å². The van der Waals surface area contributed by atoms with E-state index in [0.717, 1.165) is 0 Å². The third-order valence-corrected chi connectivity index (χ3v) is 20.8. The number of rotatable bonds is 7. The Hall–Kier alpha value is 0.647. The maximum absolute atomic E-state index is 2.52. The van der Waals surface area contributed by atoms with Crippen LogP contribution < -0.4 is 0 Å². The first-order valence-electron chi connectivity index (χ1n) is 8.35. The summed E-state index contributed by atoms with van der Waals surface area (Å²) in [5.41, 5.74) is 0. The fourth-order valence-electron chi connectivity index (χ4n) is 4.54. The molecule has 0 saturated carbocycles. The van der Waals surface area contributed by atoms with Crippen molar-refractivity contribution in [2.75, 3.05) is 0 Å². The summed E-state index contributed by atoms with van der Waals surface area (Å²) >= 11 is 0. The van der Waals surface area contributed by atoms with E-state index in [4.69, 9.17) is 0 Å². The molecule has 0 spiro atoms. The summed E-state index contributed by atoms with van der Waals surface area (Å²) in [5, 5.41) is 1.03. The zero-order valence-electron chi connectivity index (χ0n) is 15.2. The van der Waals surface area contributed by atoms with Crippen LogP contribution in [0.4, 0.5) is 0 Å². The Morgan fingerprint density at radius 2 is 0.895 bits per heavy atom. The number of hydrogen-bond acceptors (Lipinski definition) is 0. The highest BCUT2D eigenvalue weighted by atomic mass is 31.4. The van der Waals surface area contributed by atoms with Crippen LogP contribution in [0.2, 0.25) is 18.1 Å². The van der Waals surface area contributed by atoms with Gasteiger partial charge in [-0.25, -0.2) is 0 Å². The van der Waals surface area contributed by atoms with E-state index in [1.807, 2.05) is 0 Å². The molecule has 0 aliphatic rings. The second kappa shape index (κ2) is 7.60. The van der Waals surface area contributed by atoms with Gasteiger partial charge in [-0.15, -0.1) is 7.47 Å². The van der Waals surface area contributed by atoms with Crippen LogP contribution >= 0.6 is 7.47 Å². The quantitative estimate of drug-likeness (QED) is 0.343. The standard InChI is InChI=1S/C17H39PSi/c1-10-13-19(14-11-2,15-12-3)18(16(4,5)6)17(7,8)9/h10-15H2,1-9H3. The lowest BCUT2D eigenvalue weighted by atomic mass is 10.2. The van der Waals surface area contributed by atoms with Crippen molar-refractivity contribution in [2.45, 2.75) is 110 Å². The summed E-state index contributed by atoms with van der Waals surface area (Å²) in [6.07, 6.45) is 4.20. The minimum Gasteiger partial charge on any atom is -0.107 e. The van der Waals surface area contributed by atoms with Crippen LogP contribution in [-0.2, 0) is 0 Å². The monoisotopic (exact) mass is 302 g/mol. The lowest BCUT2D eigenvalue weighted by Gasteiger charge is -2.53. The summed E-state index contributed by atoms with van der Waals surface area (Å²) < 4.78 is 0. The molecule has 0 atom stereocenters. The van der Waals surface area contributed by atoms with Crippen LogP contribution in [0.25, 0.3) is 0 Å². The molecule has 0 bridgehead atoms. The van der Waals surface area contributed by atoms with E-state index >= 15 is 0 Å². The second-order valence-corrected chi connectivity index (χ2v) is 19.6. The van der Waals surface area contributed by atoms with Gasteiger partial charge >= 0.3 is 0 Å². The molecule has 0 amide bonds.